The van der Waals surface area contributed by atoms with Crippen LogP contribution in [0, 0.1) is 13.8 Å². The van der Waals surface area contributed by atoms with Crippen molar-refractivity contribution >= 4 is 35.9 Å². The number of aromatic nitrogens is 1. The van der Waals surface area contributed by atoms with Crippen LogP contribution in [0.5, 0.6) is 5.75 Å². The maximum Gasteiger partial charge on any atom is 0.341 e. The van der Waals surface area contributed by atoms with Crippen molar-refractivity contribution < 1.29 is 18.7 Å². The molecule has 28 heavy (non-hydrogen) atoms. The molecule has 0 fully saturated rings. The number of esters is 1. The lowest BCUT2D eigenvalue weighted by Crippen LogP contribution is -2.36. The number of nitrogens with one attached hydrogen (secondary N) is 2. The number of rotatable bonds is 7. The molecule has 0 radical (unpaired) electrons. The molecule has 0 aliphatic carbocycles. The molecule has 1 aromatic carbocycles. The van der Waals surface area contributed by atoms with Gasteiger partial charge in [0.05, 0.1) is 33.0 Å². The molecule has 0 unspecified atom stereocenters. The number of hydrogen-bond donors (Lipinski definition) is 2. The van der Waals surface area contributed by atoms with Crippen LogP contribution < -0.4 is 15.4 Å². The van der Waals surface area contributed by atoms with Gasteiger partial charge in [-0.15, -0.1) is 24.0 Å². The molecule has 0 saturated carbocycles. The van der Waals surface area contributed by atoms with Gasteiger partial charge in [-0.3, -0.25) is 0 Å². The van der Waals surface area contributed by atoms with Crippen LogP contribution in [0.15, 0.2) is 27.6 Å². The van der Waals surface area contributed by atoms with Gasteiger partial charge in [-0.25, -0.2) is 14.8 Å². The smallest absolute Gasteiger partial charge is 0.341 e. The number of aryl methyl sites for hydroxylation is 2. The highest BCUT2D eigenvalue weighted by molar-refractivity contribution is 14.0. The average molecular weight is 502 g/mol. The van der Waals surface area contributed by atoms with Crippen molar-refractivity contribution in [1.82, 2.24) is 15.6 Å². The predicted octanol–water partition coefficient (Wildman–Crippen LogP) is 2.96. The number of halogens is 1. The monoisotopic (exact) mass is 502 g/mol. The number of benzene rings is 1. The lowest BCUT2D eigenvalue weighted by Gasteiger charge is -2.11. The molecule has 8 nitrogen and oxygen atoms in total. The van der Waals surface area contributed by atoms with Crippen LogP contribution in [0.4, 0.5) is 0 Å². The molecule has 0 atom stereocenters. The Bertz CT molecular complexity index is 801. The van der Waals surface area contributed by atoms with E-state index >= 15 is 0 Å². The van der Waals surface area contributed by atoms with Gasteiger partial charge < -0.3 is 24.5 Å². The zero-order valence-corrected chi connectivity index (χ0v) is 19.1. The third kappa shape index (κ3) is 6.39. The van der Waals surface area contributed by atoms with Gasteiger partial charge in [0, 0.05) is 6.54 Å². The molecule has 1 heterocycles. The summed E-state index contributed by atoms with van der Waals surface area (Å²) in [6.45, 7) is 7.36. The molecule has 2 N–H and O–H groups in total. The summed E-state index contributed by atoms with van der Waals surface area (Å²) in [5.74, 6) is 2.08. The fraction of sp³-hybridized carbons (Fsp3) is 0.421. The molecule has 0 aliphatic heterocycles. The molecule has 1 aromatic heterocycles. The zero-order chi connectivity index (χ0) is 19.8. The fourth-order valence-corrected chi connectivity index (χ4v) is 2.40. The molecule has 2 aromatic rings. The molecule has 0 amide bonds. The minimum Gasteiger partial charge on any atom is -0.496 e. The molecular weight excluding hydrogens is 475 g/mol. The summed E-state index contributed by atoms with van der Waals surface area (Å²) in [5, 5.41) is 6.37. The Kier molecular flexibility index (Phi) is 9.77. The first-order chi connectivity index (χ1) is 13.0. The second-order valence-corrected chi connectivity index (χ2v) is 5.82. The number of carbonyl (C=O) groups excluding carboxylic acids is 1. The predicted molar refractivity (Wildman–Crippen MR) is 117 cm³/mol. The van der Waals surface area contributed by atoms with Gasteiger partial charge in [0.1, 0.15) is 17.1 Å². The van der Waals surface area contributed by atoms with Crippen LogP contribution in [0.25, 0.3) is 0 Å². The summed E-state index contributed by atoms with van der Waals surface area (Å²) in [7, 11) is 2.85. The summed E-state index contributed by atoms with van der Waals surface area (Å²) in [6.07, 6.45) is 0. The van der Waals surface area contributed by atoms with Crippen LogP contribution in [-0.4, -0.2) is 37.7 Å². The van der Waals surface area contributed by atoms with Crippen LogP contribution in [0.1, 0.15) is 40.2 Å². The van der Waals surface area contributed by atoms with E-state index in [2.05, 4.69) is 20.6 Å². The first-order valence-electron chi connectivity index (χ1n) is 8.68. The van der Waals surface area contributed by atoms with Gasteiger partial charge in [-0.1, -0.05) is 6.07 Å². The molecule has 2 rings (SSSR count). The van der Waals surface area contributed by atoms with E-state index in [1.807, 2.05) is 26.8 Å². The lowest BCUT2D eigenvalue weighted by atomic mass is 10.1. The molecule has 0 spiro atoms. The van der Waals surface area contributed by atoms with Gasteiger partial charge in [-0.05, 0) is 38.5 Å². The largest absolute Gasteiger partial charge is 0.496 e. The van der Waals surface area contributed by atoms with Crippen molar-refractivity contribution in [3.63, 3.8) is 0 Å². The maximum absolute atomic E-state index is 11.7. The summed E-state index contributed by atoms with van der Waals surface area (Å²) in [4.78, 5) is 20.6. The van der Waals surface area contributed by atoms with Crippen molar-refractivity contribution in [2.75, 3.05) is 20.8 Å². The van der Waals surface area contributed by atoms with Gasteiger partial charge in [0.2, 0.25) is 5.89 Å². The first-order valence-corrected chi connectivity index (χ1v) is 8.68. The van der Waals surface area contributed by atoms with E-state index in [1.54, 1.807) is 12.1 Å². The van der Waals surface area contributed by atoms with Crippen LogP contribution in [0.2, 0.25) is 0 Å². The van der Waals surface area contributed by atoms with Crippen LogP contribution in [0.3, 0.4) is 0 Å². The van der Waals surface area contributed by atoms with Gasteiger partial charge >= 0.3 is 5.97 Å². The number of oxazole rings is 1. The highest BCUT2D eigenvalue weighted by Crippen LogP contribution is 2.21. The Morgan fingerprint density at radius 3 is 2.57 bits per heavy atom. The molecule has 0 bridgehead atoms. The van der Waals surface area contributed by atoms with Gasteiger partial charge in [-0.2, -0.15) is 0 Å². The van der Waals surface area contributed by atoms with Gasteiger partial charge in [0.15, 0.2) is 5.96 Å². The number of hydrogen-bond acceptors (Lipinski definition) is 6. The number of methoxy groups -OCH3 is 2. The van der Waals surface area contributed by atoms with E-state index in [4.69, 9.17) is 13.9 Å². The van der Waals surface area contributed by atoms with E-state index in [9.17, 15) is 4.79 Å². The topological polar surface area (TPSA) is 98.0 Å². The third-order valence-electron chi connectivity index (χ3n) is 3.92. The molecule has 0 aliphatic rings. The molecular formula is C19H27IN4O4. The number of guanidine groups is 1. The lowest BCUT2D eigenvalue weighted by molar-refractivity contribution is 0.0597. The fourth-order valence-electron chi connectivity index (χ4n) is 2.40. The number of aliphatic imine (C=N–C) groups is 1. The summed E-state index contributed by atoms with van der Waals surface area (Å²) in [5.41, 5.74) is 2.17. The van der Waals surface area contributed by atoms with Crippen molar-refractivity contribution in [2.45, 2.75) is 33.9 Å². The second-order valence-electron chi connectivity index (χ2n) is 5.82. The summed E-state index contributed by atoms with van der Waals surface area (Å²) in [6, 6.07) is 5.27. The highest BCUT2D eigenvalue weighted by atomic mass is 127. The Balaban J connectivity index is 0.00000392. The second kappa shape index (κ2) is 11.5. The normalized spacial score (nSPS) is 10.8. The molecule has 154 valence electrons. The number of ether oxygens (including phenoxy) is 2. The first kappa shape index (κ1) is 23.7. The Morgan fingerprint density at radius 2 is 2.00 bits per heavy atom. The maximum atomic E-state index is 11.7. The number of carbonyl (C=O) groups is 1. The minimum absolute atomic E-state index is 0. The Hall–Kier alpha value is -2.30. The van der Waals surface area contributed by atoms with E-state index < -0.39 is 5.97 Å². The van der Waals surface area contributed by atoms with Crippen LogP contribution in [-0.2, 0) is 17.8 Å². The van der Waals surface area contributed by atoms with Crippen molar-refractivity contribution in [3.8, 4) is 5.75 Å². The minimum atomic E-state index is -0.437. The van der Waals surface area contributed by atoms with Crippen molar-refractivity contribution in [1.29, 1.82) is 0 Å². The quantitative estimate of drug-likeness (QED) is 0.260. The Morgan fingerprint density at radius 1 is 1.25 bits per heavy atom. The molecule has 0 saturated heterocycles. The highest BCUT2D eigenvalue weighted by Gasteiger charge is 2.13. The SMILES string of the molecule is CCNC(=NCc1ccc(C(=O)OC)c(OC)c1)NCc1nc(C)c(C)o1.I. The van der Waals surface area contributed by atoms with E-state index in [0.29, 0.717) is 36.3 Å². The zero-order valence-electron chi connectivity index (χ0n) is 16.8. The number of nitrogens with zero attached hydrogens (tertiary/aromatic N) is 2. The van der Waals surface area contributed by atoms with Crippen molar-refractivity contribution in [3.05, 3.63) is 46.7 Å². The van der Waals surface area contributed by atoms with E-state index in [-0.39, 0.29) is 24.0 Å². The molecule has 9 heteroatoms. The van der Waals surface area contributed by atoms with E-state index in [0.717, 1.165) is 23.6 Å². The standard InChI is InChI=1S/C19H26N4O4.HI/c1-6-20-19(22-11-17-23-12(2)13(3)27-17)21-10-14-7-8-15(18(24)26-5)16(9-14)25-4;/h7-9H,6,10-11H2,1-5H3,(H2,20,21,22);1H. The average Bonchev–Trinajstić information content (AvgIpc) is 3.00. The van der Waals surface area contributed by atoms with Gasteiger partial charge in [0.25, 0.3) is 0 Å². The van der Waals surface area contributed by atoms with Crippen LogP contribution >= 0.6 is 24.0 Å². The van der Waals surface area contributed by atoms with Crippen molar-refractivity contribution in [2.24, 2.45) is 4.99 Å². The summed E-state index contributed by atoms with van der Waals surface area (Å²) < 4.78 is 15.6. The van der Waals surface area contributed by atoms with E-state index in [1.165, 1.54) is 14.2 Å². The third-order valence-corrected chi connectivity index (χ3v) is 3.92. The summed E-state index contributed by atoms with van der Waals surface area (Å²) >= 11 is 0. The Labute approximate surface area is 182 Å².